The van der Waals surface area contributed by atoms with Crippen LogP contribution < -0.4 is 10.2 Å². The summed E-state index contributed by atoms with van der Waals surface area (Å²) >= 11 is 5.92. The van der Waals surface area contributed by atoms with E-state index in [0.29, 0.717) is 36.4 Å². The first-order valence-corrected chi connectivity index (χ1v) is 6.44. The molecule has 106 valence electrons. The van der Waals surface area contributed by atoms with E-state index in [-0.39, 0.29) is 12.5 Å². The van der Waals surface area contributed by atoms with E-state index in [1.54, 1.807) is 25.1 Å². The number of likely N-dealkylation sites (N-methyl/N-ethyl adjacent to an activating group) is 1. The first-order valence-electron chi connectivity index (χ1n) is 6.07. The zero-order valence-corrected chi connectivity index (χ0v) is 12.2. The van der Waals surface area contributed by atoms with Crippen LogP contribution in [0.4, 0.5) is 5.82 Å². The number of nitrogens with one attached hydrogen (secondary N) is 1. The number of aromatic nitrogens is 2. The van der Waals surface area contributed by atoms with Gasteiger partial charge in [0, 0.05) is 33.2 Å². The molecular formula is C12H19ClN4O2. The Balaban J connectivity index is 2.59. The molecule has 0 aliphatic heterocycles. The van der Waals surface area contributed by atoms with Crippen LogP contribution in [0.2, 0.25) is 5.15 Å². The van der Waals surface area contributed by atoms with E-state index >= 15 is 0 Å². The normalized spacial score (nSPS) is 10.3. The van der Waals surface area contributed by atoms with Gasteiger partial charge in [-0.15, -0.1) is 0 Å². The molecule has 1 aromatic heterocycles. The second-order valence-electron chi connectivity index (χ2n) is 4.02. The lowest BCUT2D eigenvalue weighted by Gasteiger charge is -2.18. The summed E-state index contributed by atoms with van der Waals surface area (Å²) < 4.78 is 4.86. The molecule has 0 unspecified atom stereocenters. The quantitative estimate of drug-likeness (QED) is 0.596. The molecule has 7 heteroatoms. The molecule has 1 aromatic rings. The fourth-order valence-electron chi connectivity index (χ4n) is 1.45. The summed E-state index contributed by atoms with van der Waals surface area (Å²) in [7, 11) is 3.38. The standard InChI is InChI=1S/C12H19ClN4O2/c1-4-10-15-9(13)7-11(16-10)17(2)8-12(18)14-5-6-19-3/h7H,4-6,8H2,1-3H3,(H,14,18). The zero-order chi connectivity index (χ0) is 14.3. The van der Waals surface area contributed by atoms with Crippen LogP contribution in [0.3, 0.4) is 0 Å². The number of aryl methyl sites for hydroxylation is 1. The number of hydrogen-bond acceptors (Lipinski definition) is 5. The van der Waals surface area contributed by atoms with Gasteiger partial charge >= 0.3 is 0 Å². The van der Waals surface area contributed by atoms with Crippen molar-refractivity contribution >= 4 is 23.3 Å². The van der Waals surface area contributed by atoms with Gasteiger partial charge in [-0.3, -0.25) is 4.79 Å². The first kappa shape index (κ1) is 15.7. The predicted molar refractivity (Wildman–Crippen MR) is 74.6 cm³/mol. The summed E-state index contributed by atoms with van der Waals surface area (Å²) in [5, 5.41) is 3.13. The van der Waals surface area contributed by atoms with Crippen LogP contribution >= 0.6 is 11.6 Å². The maximum absolute atomic E-state index is 11.7. The Hall–Kier alpha value is -1.40. The van der Waals surface area contributed by atoms with Crippen molar-refractivity contribution in [3.63, 3.8) is 0 Å². The molecule has 1 rings (SSSR count). The molecule has 19 heavy (non-hydrogen) atoms. The third-order valence-electron chi connectivity index (χ3n) is 2.44. The molecule has 0 spiro atoms. The van der Waals surface area contributed by atoms with Crippen molar-refractivity contribution in [2.45, 2.75) is 13.3 Å². The summed E-state index contributed by atoms with van der Waals surface area (Å²) in [4.78, 5) is 21.8. The third kappa shape index (κ3) is 5.40. The summed E-state index contributed by atoms with van der Waals surface area (Å²) in [5.41, 5.74) is 0. The molecule has 0 fully saturated rings. The highest BCUT2D eigenvalue weighted by molar-refractivity contribution is 6.29. The Morgan fingerprint density at radius 3 is 2.89 bits per heavy atom. The van der Waals surface area contributed by atoms with Crippen LogP contribution in [0, 0.1) is 0 Å². The van der Waals surface area contributed by atoms with E-state index < -0.39 is 0 Å². The number of halogens is 1. The Bertz CT molecular complexity index is 428. The van der Waals surface area contributed by atoms with Crippen LogP contribution in [0.25, 0.3) is 0 Å². The lowest BCUT2D eigenvalue weighted by atomic mass is 10.4. The number of nitrogens with zero attached hydrogens (tertiary/aromatic N) is 3. The van der Waals surface area contributed by atoms with E-state index in [1.807, 2.05) is 6.92 Å². The van der Waals surface area contributed by atoms with Crippen LogP contribution in [0.5, 0.6) is 0 Å². The molecule has 0 bridgehead atoms. The van der Waals surface area contributed by atoms with Crippen LogP contribution in [-0.2, 0) is 16.0 Å². The van der Waals surface area contributed by atoms with E-state index in [2.05, 4.69) is 15.3 Å². The van der Waals surface area contributed by atoms with Gasteiger partial charge in [-0.25, -0.2) is 9.97 Å². The topological polar surface area (TPSA) is 67.4 Å². The van der Waals surface area contributed by atoms with E-state index in [1.165, 1.54) is 0 Å². The fourth-order valence-corrected chi connectivity index (χ4v) is 1.65. The maximum atomic E-state index is 11.7. The largest absolute Gasteiger partial charge is 0.383 e. The second-order valence-corrected chi connectivity index (χ2v) is 4.40. The fraction of sp³-hybridized carbons (Fsp3) is 0.583. The first-order chi connectivity index (χ1) is 9.06. The number of amides is 1. The molecule has 1 amide bonds. The maximum Gasteiger partial charge on any atom is 0.239 e. The zero-order valence-electron chi connectivity index (χ0n) is 11.4. The average molecular weight is 287 g/mol. The van der Waals surface area contributed by atoms with E-state index in [9.17, 15) is 4.79 Å². The molecular weight excluding hydrogens is 268 g/mol. The minimum atomic E-state index is -0.0904. The summed E-state index contributed by atoms with van der Waals surface area (Å²) in [6.45, 7) is 3.15. The Labute approximate surface area is 118 Å². The molecule has 0 radical (unpaired) electrons. The molecule has 0 saturated carbocycles. The molecule has 6 nitrogen and oxygen atoms in total. The van der Waals surface area contributed by atoms with Crippen molar-refractivity contribution in [1.82, 2.24) is 15.3 Å². The van der Waals surface area contributed by atoms with Gasteiger partial charge in [0.1, 0.15) is 16.8 Å². The SMILES string of the molecule is CCc1nc(Cl)cc(N(C)CC(=O)NCCOC)n1. The van der Waals surface area contributed by atoms with Gasteiger partial charge in [0.25, 0.3) is 0 Å². The van der Waals surface area contributed by atoms with Gasteiger partial charge in [-0.2, -0.15) is 0 Å². The lowest BCUT2D eigenvalue weighted by molar-refractivity contribution is -0.119. The highest BCUT2D eigenvalue weighted by Gasteiger charge is 2.10. The summed E-state index contributed by atoms with van der Waals surface area (Å²) in [6.07, 6.45) is 0.696. The minimum Gasteiger partial charge on any atom is -0.383 e. The van der Waals surface area contributed by atoms with Gasteiger partial charge in [-0.05, 0) is 0 Å². The molecule has 0 saturated heterocycles. The third-order valence-corrected chi connectivity index (χ3v) is 2.64. The number of methoxy groups -OCH3 is 1. The molecule has 1 N–H and O–H groups in total. The Morgan fingerprint density at radius 1 is 1.53 bits per heavy atom. The molecule has 0 atom stereocenters. The number of carbonyl (C=O) groups is 1. The van der Waals surface area contributed by atoms with E-state index in [4.69, 9.17) is 16.3 Å². The van der Waals surface area contributed by atoms with Gasteiger partial charge in [-0.1, -0.05) is 18.5 Å². The predicted octanol–water partition coefficient (Wildman–Crippen LogP) is 0.891. The van der Waals surface area contributed by atoms with E-state index in [0.717, 1.165) is 0 Å². The molecule has 0 aromatic carbocycles. The number of anilines is 1. The Morgan fingerprint density at radius 2 is 2.26 bits per heavy atom. The second kappa shape index (κ2) is 7.91. The number of ether oxygens (including phenoxy) is 1. The average Bonchev–Trinajstić information content (AvgIpc) is 2.38. The van der Waals surface area contributed by atoms with Crippen LogP contribution in [0.1, 0.15) is 12.7 Å². The minimum absolute atomic E-state index is 0.0904. The van der Waals surface area contributed by atoms with Crippen molar-refractivity contribution < 1.29 is 9.53 Å². The molecule has 0 aliphatic carbocycles. The smallest absolute Gasteiger partial charge is 0.239 e. The van der Waals surface area contributed by atoms with Gasteiger partial charge in [0.2, 0.25) is 5.91 Å². The Kier molecular flexibility index (Phi) is 6.52. The molecule has 0 aliphatic rings. The summed E-state index contributed by atoms with van der Waals surface area (Å²) in [6, 6.07) is 1.64. The number of hydrogen-bond donors (Lipinski definition) is 1. The highest BCUT2D eigenvalue weighted by Crippen LogP contribution is 2.14. The van der Waals surface area contributed by atoms with Crippen molar-refractivity contribution in [3.8, 4) is 0 Å². The van der Waals surface area contributed by atoms with Gasteiger partial charge < -0.3 is 15.0 Å². The monoisotopic (exact) mass is 286 g/mol. The summed E-state index contributed by atoms with van der Waals surface area (Å²) in [5.74, 6) is 1.21. The van der Waals surface area contributed by atoms with Crippen molar-refractivity contribution in [2.75, 3.05) is 38.8 Å². The van der Waals surface area contributed by atoms with Crippen molar-refractivity contribution in [3.05, 3.63) is 17.0 Å². The van der Waals surface area contributed by atoms with Gasteiger partial charge in [0.05, 0.1) is 13.2 Å². The highest BCUT2D eigenvalue weighted by atomic mass is 35.5. The van der Waals surface area contributed by atoms with Gasteiger partial charge in [0.15, 0.2) is 0 Å². The van der Waals surface area contributed by atoms with Crippen LogP contribution in [-0.4, -0.2) is 49.7 Å². The number of carbonyl (C=O) groups excluding carboxylic acids is 1. The number of rotatable bonds is 7. The molecule has 1 heterocycles. The lowest BCUT2D eigenvalue weighted by Crippen LogP contribution is -2.37. The van der Waals surface area contributed by atoms with Crippen LogP contribution in [0.15, 0.2) is 6.07 Å². The van der Waals surface area contributed by atoms with Crippen molar-refractivity contribution in [2.24, 2.45) is 0 Å². The van der Waals surface area contributed by atoms with Crippen molar-refractivity contribution in [1.29, 1.82) is 0 Å².